The van der Waals surface area contributed by atoms with Gasteiger partial charge in [-0.05, 0) is 90.1 Å². The highest BCUT2D eigenvalue weighted by molar-refractivity contribution is 6.34. The second-order valence-corrected chi connectivity index (χ2v) is 15.0. The average Bonchev–Trinajstić information content (AvgIpc) is 3.54. The lowest BCUT2D eigenvalue weighted by Crippen LogP contribution is -2.59. The number of piperidine rings is 2. The highest BCUT2D eigenvalue weighted by atomic mass is 35.5. The molecule has 8 rings (SSSR count). The second-order valence-electron chi connectivity index (χ2n) is 14.6. The lowest BCUT2D eigenvalue weighted by molar-refractivity contribution is -0.170. The Hall–Kier alpha value is -3.01. The van der Waals surface area contributed by atoms with Crippen LogP contribution in [0.4, 0.5) is 5.69 Å². The molecule has 2 aromatic heterocycles. The van der Waals surface area contributed by atoms with Gasteiger partial charge in [0, 0.05) is 42.5 Å². The number of hydrogen-bond acceptors (Lipinski definition) is 6. The number of fused-ring (bicyclic) bond motifs is 3. The van der Waals surface area contributed by atoms with Crippen molar-refractivity contribution in [3.8, 4) is 11.3 Å². The molecule has 238 valence electrons. The first-order valence-electron chi connectivity index (χ1n) is 16.8. The number of hydrogen-bond donors (Lipinski definition) is 0. The van der Waals surface area contributed by atoms with Crippen LogP contribution in [-0.4, -0.2) is 87.6 Å². The van der Waals surface area contributed by atoms with Crippen LogP contribution in [0.3, 0.4) is 0 Å². The molecular weight excluding hydrogens is 588 g/mol. The summed E-state index contributed by atoms with van der Waals surface area (Å²) in [5.41, 5.74) is 4.41. The Labute approximate surface area is 269 Å². The molecule has 0 unspecified atom stereocenters. The molecule has 0 bridgehead atoms. The van der Waals surface area contributed by atoms with E-state index in [0.717, 1.165) is 46.4 Å². The summed E-state index contributed by atoms with van der Waals surface area (Å²) in [6.07, 6.45) is 9.00. The zero-order valence-electron chi connectivity index (χ0n) is 26.6. The van der Waals surface area contributed by atoms with Crippen LogP contribution in [-0.2, 0) is 19.7 Å². The Morgan fingerprint density at radius 3 is 2.42 bits per heavy atom. The van der Waals surface area contributed by atoms with Crippen molar-refractivity contribution in [1.82, 2.24) is 24.3 Å². The molecule has 5 aliphatic rings. The number of pyridine rings is 1. The van der Waals surface area contributed by atoms with Gasteiger partial charge < -0.3 is 24.0 Å². The van der Waals surface area contributed by atoms with E-state index in [1.54, 1.807) is 0 Å². The molecule has 6 heterocycles. The number of halogens is 1. The normalized spacial score (nSPS) is 25.9. The number of ether oxygens (including phenoxy) is 1. The van der Waals surface area contributed by atoms with Gasteiger partial charge in [-0.25, -0.2) is 9.97 Å². The van der Waals surface area contributed by atoms with Crippen molar-refractivity contribution in [2.75, 3.05) is 44.3 Å². The van der Waals surface area contributed by atoms with Gasteiger partial charge >= 0.3 is 0 Å². The second kappa shape index (κ2) is 10.8. The number of nitrogens with zero attached hydrogens (tertiary/aromatic N) is 6. The molecular formula is C35H43ClN6O3. The molecule has 0 N–H and O–H groups in total. The number of likely N-dealkylation sites (tertiary alicyclic amines) is 2. The predicted octanol–water partition coefficient (Wildman–Crippen LogP) is 5.59. The van der Waals surface area contributed by atoms with Gasteiger partial charge in [0.1, 0.15) is 5.52 Å². The number of carbonyl (C=O) groups excluding carboxylic acids is 2. The van der Waals surface area contributed by atoms with Crippen LogP contribution in [0.5, 0.6) is 0 Å². The number of imidazole rings is 1. The van der Waals surface area contributed by atoms with Crippen molar-refractivity contribution in [3.63, 3.8) is 0 Å². The van der Waals surface area contributed by atoms with Gasteiger partial charge in [-0.2, -0.15) is 0 Å². The van der Waals surface area contributed by atoms with Gasteiger partial charge in [-0.3, -0.25) is 9.59 Å². The van der Waals surface area contributed by atoms with E-state index in [4.69, 9.17) is 21.3 Å². The zero-order chi connectivity index (χ0) is 31.1. The first kappa shape index (κ1) is 29.4. The van der Waals surface area contributed by atoms with Crippen molar-refractivity contribution in [2.45, 2.75) is 89.3 Å². The number of amides is 2. The molecule has 1 aromatic carbocycles. The topological polar surface area (TPSA) is 83.8 Å². The fourth-order valence-electron chi connectivity index (χ4n) is 8.51. The van der Waals surface area contributed by atoms with Crippen molar-refractivity contribution in [1.29, 1.82) is 0 Å². The molecule has 10 heteroatoms. The average molecular weight is 631 g/mol. The van der Waals surface area contributed by atoms with E-state index in [0.29, 0.717) is 50.3 Å². The Morgan fingerprint density at radius 2 is 1.76 bits per heavy atom. The third kappa shape index (κ3) is 4.55. The van der Waals surface area contributed by atoms with Crippen molar-refractivity contribution >= 4 is 40.1 Å². The highest BCUT2D eigenvalue weighted by Gasteiger charge is 2.56. The summed E-state index contributed by atoms with van der Waals surface area (Å²) < 4.78 is 7.43. The van der Waals surface area contributed by atoms with Gasteiger partial charge in [-0.1, -0.05) is 30.2 Å². The van der Waals surface area contributed by atoms with Crippen LogP contribution in [0.15, 0.2) is 30.6 Å². The summed E-state index contributed by atoms with van der Waals surface area (Å²) in [6, 6.07) is 9.35. The van der Waals surface area contributed by atoms with Crippen LogP contribution in [0, 0.1) is 5.41 Å². The molecule has 3 saturated heterocycles. The number of aromatic nitrogens is 3. The van der Waals surface area contributed by atoms with Crippen molar-refractivity contribution in [2.24, 2.45) is 5.41 Å². The maximum Gasteiger partial charge on any atom is 0.238 e. The quantitative estimate of drug-likeness (QED) is 0.342. The molecule has 1 saturated carbocycles. The summed E-state index contributed by atoms with van der Waals surface area (Å²) in [4.78, 5) is 44.2. The van der Waals surface area contributed by atoms with Crippen LogP contribution in [0.2, 0.25) is 5.15 Å². The summed E-state index contributed by atoms with van der Waals surface area (Å²) >= 11 is 6.76. The van der Waals surface area contributed by atoms with E-state index in [-0.39, 0.29) is 23.9 Å². The van der Waals surface area contributed by atoms with Crippen molar-refractivity contribution in [3.05, 3.63) is 41.3 Å². The molecule has 0 atom stereocenters. The van der Waals surface area contributed by atoms with Crippen LogP contribution in [0.1, 0.15) is 77.3 Å². The minimum absolute atomic E-state index is 0.156. The monoisotopic (exact) mass is 630 g/mol. The highest BCUT2D eigenvalue weighted by Crippen LogP contribution is 2.52. The maximum absolute atomic E-state index is 14.7. The van der Waals surface area contributed by atoms with Crippen molar-refractivity contribution < 1.29 is 14.3 Å². The summed E-state index contributed by atoms with van der Waals surface area (Å²) in [5.74, 6) is 0.363. The molecule has 9 nitrogen and oxygen atoms in total. The van der Waals surface area contributed by atoms with Crippen LogP contribution >= 0.6 is 11.6 Å². The molecule has 1 aliphatic carbocycles. The van der Waals surface area contributed by atoms with E-state index >= 15 is 0 Å². The Balaban J connectivity index is 1.13. The molecule has 45 heavy (non-hydrogen) atoms. The molecule has 0 radical (unpaired) electrons. The minimum atomic E-state index is -0.608. The van der Waals surface area contributed by atoms with Gasteiger partial charge in [0.2, 0.25) is 11.8 Å². The smallest absolute Gasteiger partial charge is 0.238 e. The van der Waals surface area contributed by atoms with Crippen LogP contribution in [0.25, 0.3) is 22.3 Å². The lowest BCUT2D eigenvalue weighted by atomic mass is 9.72. The van der Waals surface area contributed by atoms with Crippen LogP contribution < -0.4 is 4.90 Å². The lowest BCUT2D eigenvalue weighted by Gasteiger charge is -2.48. The largest absolute Gasteiger partial charge is 0.379 e. The summed E-state index contributed by atoms with van der Waals surface area (Å²) in [5, 5.41) is 0.435. The standard InChI is InChI=1S/C35H43ClN6O3/c1-22(2)41-21-37-28-18-27(38-31(36)30(28)41)23-7-8-26-29(15-23)42(25-16-24(17-25)39-11-5-4-6-12-39)33(44)35(26)9-13-40(14-10-35)32(43)34(3)19-45-20-34/h7-8,15,18,21-22,24-25H,4-6,9-14,16-17,19-20H2,1-3H3. The van der Waals surface area contributed by atoms with E-state index < -0.39 is 10.8 Å². The molecule has 4 aliphatic heterocycles. The number of rotatable bonds is 5. The SMILES string of the molecule is CC(C)n1cnc2cc(-c3ccc4c(c3)N(C3CC(N5CCCCC5)C3)C(=O)C43CCN(C(=O)C4(C)COC4)CC3)nc(Cl)c21. The summed E-state index contributed by atoms with van der Waals surface area (Å²) in [7, 11) is 0. The van der Waals surface area contributed by atoms with Gasteiger partial charge in [0.05, 0.1) is 41.6 Å². The number of carbonyl (C=O) groups is 2. The fourth-order valence-corrected chi connectivity index (χ4v) is 8.79. The molecule has 4 fully saturated rings. The predicted molar refractivity (Wildman–Crippen MR) is 174 cm³/mol. The minimum Gasteiger partial charge on any atom is -0.379 e. The molecule has 3 aromatic rings. The first-order valence-corrected chi connectivity index (χ1v) is 17.2. The van der Waals surface area contributed by atoms with Gasteiger partial charge in [0.15, 0.2) is 5.15 Å². The van der Waals surface area contributed by atoms with Gasteiger partial charge in [-0.15, -0.1) is 0 Å². The third-order valence-corrected chi connectivity index (χ3v) is 11.6. The van der Waals surface area contributed by atoms with E-state index in [1.165, 1.54) is 32.4 Å². The number of benzene rings is 1. The Bertz CT molecular complexity index is 1660. The molecule has 1 spiro atoms. The van der Waals surface area contributed by atoms with Gasteiger partial charge in [0.25, 0.3) is 0 Å². The van der Waals surface area contributed by atoms with E-state index in [9.17, 15) is 9.59 Å². The number of anilines is 1. The maximum atomic E-state index is 14.7. The van der Waals surface area contributed by atoms with E-state index in [2.05, 4.69) is 46.8 Å². The third-order valence-electron chi connectivity index (χ3n) is 11.4. The fraction of sp³-hybridized carbons (Fsp3) is 0.600. The Kier molecular flexibility index (Phi) is 7.04. The first-order chi connectivity index (χ1) is 21.7. The summed E-state index contributed by atoms with van der Waals surface area (Å²) in [6.45, 7) is 10.7. The zero-order valence-corrected chi connectivity index (χ0v) is 27.4. The van der Waals surface area contributed by atoms with E-state index in [1.807, 2.05) is 28.8 Å². The Morgan fingerprint density at radius 1 is 1.02 bits per heavy atom. The molecule has 2 amide bonds.